The molecule has 0 aliphatic heterocycles. The topological polar surface area (TPSA) is 75.3 Å². The van der Waals surface area contributed by atoms with Crippen LogP contribution in [0.25, 0.3) is 5.65 Å². The Kier molecular flexibility index (Phi) is 2.59. The highest BCUT2D eigenvalue weighted by molar-refractivity contribution is 5.45. The van der Waals surface area contributed by atoms with E-state index in [0.717, 1.165) is 0 Å². The molecule has 9 heteroatoms. The summed E-state index contributed by atoms with van der Waals surface area (Å²) in [5.41, 5.74) is 0.0338. The largest absolute Gasteiger partial charge is 0.453 e. The molecule has 0 radical (unpaired) electrons. The normalized spacial score (nSPS) is 23.4. The summed E-state index contributed by atoms with van der Waals surface area (Å²) in [7, 11) is 0. The van der Waals surface area contributed by atoms with Crippen molar-refractivity contribution in [2.24, 2.45) is 0 Å². The molecule has 0 bridgehead atoms. The summed E-state index contributed by atoms with van der Waals surface area (Å²) in [6.45, 7) is 0. The number of nitrogens with one attached hydrogen (secondary N) is 1. The number of aromatic nitrogens is 4. The summed E-state index contributed by atoms with van der Waals surface area (Å²) < 4.78 is 38.6. The summed E-state index contributed by atoms with van der Waals surface area (Å²) in [6, 6.07) is 2.98. The first kappa shape index (κ1) is 12.2. The summed E-state index contributed by atoms with van der Waals surface area (Å²) >= 11 is 0. The molecule has 3 rings (SSSR count). The van der Waals surface area contributed by atoms with E-state index in [2.05, 4.69) is 20.6 Å². The van der Waals surface area contributed by atoms with E-state index in [1.165, 1.54) is 12.1 Å². The molecular formula is C10H10F3N5O. The summed E-state index contributed by atoms with van der Waals surface area (Å²) in [6.07, 6.45) is -3.82. The number of alkyl halides is 3. The van der Waals surface area contributed by atoms with E-state index in [-0.39, 0.29) is 17.8 Å². The Bertz CT molecular complexity index is 605. The Balaban J connectivity index is 1.90. The fourth-order valence-electron chi connectivity index (χ4n) is 1.96. The number of halogens is 3. The van der Waals surface area contributed by atoms with E-state index in [9.17, 15) is 13.2 Å². The maximum Gasteiger partial charge on any atom is 0.453 e. The average molecular weight is 273 g/mol. The van der Waals surface area contributed by atoms with Crippen LogP contribution < -0.4 is 5.32 Å². The second-order valence-electron chi connectivity index (χ2n) is 4.48. The van der Waals surface area contributed by atoms with Crippen molar-refractivity contribution in [3.8, 4) is 0 Å². The van der Waals surface area contributed by atoms with E-state index < -0.39 is 12.0 Å². The Morgan fingerprint density at radius 1 is 1.26 bits per heavy atom. The van der Waals surface area contributed by atoms with E-state index in [1.807, 2.05) is 0 Å². The van der Waals surface area contributed by atoms with Gasteiger partial charge in [0, 0.05) is 6.04 Å². The van der Waals surface area contributed by atoms with Crippen molar-refractivity contribution in [1.82, 2.24) is 19.8 Å². The maximum atomic E-state index is 12.7. The highest BCUT2D eigenvalue weighted by Gasteiger charge is 2.37. The zero-order valence-corrected chi connectivity index (χ0v) is 9.59. The van der Waals surface area contributed by atoms with Crippen molar-refractivity contribution in [2.75, 3.05) is 5.32 Å². The van der Waals surface area contributed by atoms with Gasteiger partial charge in [-0.15, -0.1) is 15.3 Å². The van der Waals surface area contributed by atoms with Crippen LogP contribution in [0.2, 0.25) is 0 Å². The second kappa shape index (κ2) is 4.05. The minimum absolute atomic E-state index is 0.0331. The third kappa shape index (κ3) is 2.21. The first-order chi connectivity index (χ1) is 8.93. The van der Waals surface area contributed by atoms with Crippen molar-refractivity contribution >= 4 is 11.5 Å². The first-order valence-electron chi connectivity index (χ1n) is 5.68. The van der Waals surface area contributed by atoms with E-state index >= 15 is 0 Å². The van der Waals surface area contributed by atoms with Crippen molar-refractivity contribution in [2.45, 2.75) is 31.2 Å². The molecule has 19 heavy (non-hydrogen) atoms. The van der Waals surface area contributed by atoms with E-state index in [1.54, 1.807) is 0 Å². The number of aliphatic hydroxyl groups is 1. The highest BCUT2D eigenvalue weighted by atomic mass is 19.4. The number of hydrogen-bond acceptors (Lipinski definition) is 5. The second-order valence-corrected chi connectivity index (χ2v) is 4.48. The molecule has 2 N–H and O–H groups in total. The van der Waals surface area contributed by atoms with Crippen LogP contribution in [0.15, 0.2) is 12.1 Å². The van der Waals surface area contributed by atoms with Gasteiger partial charge in [-0.1, -0.05) is 0 Å². The van der Waals surface area contributed by atoms with Gasteiger partial charge in [-0.3, -0.25) is 0 Å². The molecule has 102 valence electrons. The van der Waals surface area contributed by atoms with Crippen molar-refractivity contribution in [3.05, 3.63) is 18.0 Å². The van der Waals surface area contributed by atoms with Gasteiger partial charge in [0.2, 0.25) is 0 Å². The van der Waals surface area contributed by atoms with Crippen LogP contribution in [0.5, 0.6) is 0 Å². The lowest BCUT2D eigenvalue weighted by molar-refractivity contribution is -0.146. The molecule has 0 amide bonds. The van der Waals surface area contributed by atoms with Gasteiger partial charge in [0.15, 0.2) is 5.65 Å². The molecule has 0 aromatic carbocycles. The smallest absolute Gasteiger partial charge is 0.393 e. The van der Waals surface area contributed by atoms with Crippen molar-refractivity contribution < 1.29 is 18.3 Å². The number of hydrogen-bond donors (Lipinski definition) is 2. The molecule has 1 fully saturated rings. The summed E-state index contributed by atoms with van der Waals surface area (Å²) in [4.78, 5) is 0. The SMILES string of the molecule is OC1CC(Nc2ccc3nnc(C(F)(F)F)n3n2)C1. The third-order valence-corrected chi connectivity index (χ3v) is 2.98. The maximum absolute atomic E-state index is 12.7. The molecule has 0 spiro atoms. The first-order valence-corrected chi connectivity index (χ1v) is 5.68. The minimum Gasteiger partial charge on any atom is -0.393 e. The van der Waals surface area contributed by atoms with Gasteiger partial charge in [0.1, 0.15) is 5.82 Å². The minimum atomic E-state index is -4.60. The fourth-order valence-corrected chi connectivity index (χ4v) is 1.96. The zero-order chi connectivity index (χ0) is 13.6. The van der Waals surface area contributed by atoms with Gasteiger partial charge < -0.3 is 10.4 Å². The molecule has 2 aromatic rings. The van der Waals surface area contributed by atoms with Gasteiger partial charge in [0.05, 0.1) is 6.10 Å². The molecule has 0 atom stereocenters. The Morgan fingerprint density at radius 3 is 2.63 bits per heavy atom. The molecule has 0 saturated heterocycles. The Hall–Kier alpha value is -1.90. The van der Waals surface area contributed by atoms with Gasteiger partial charge in [-0.2, -0.15) is 17.7 Å². The van der Waals surface area contributed by atoms with E-state index in [4.69, 9.17) is 5.11 Å². The number of rotatable bonds is 2. The number of anilines is 1. The van der Waals surface area contributed by atoms with Gasteiger partial charge in [-0.25, -0.2) is 0 Å². The lowest BCUT2D eigenvalue weighted by Crippen LogP contribution is -2.39. The van der Waals surface area contributed by atoms with Crippen LogP contribution in [0.1, 0.15) is 18.7 Å². The third-order valence-electron chi connectivity index (χ3n) is 2.98. The van der Waals surface area contributed by atoms with Crippen LogP contribution in [-0.2, 0) is 6.18 Å². The van der Waals surface area contributed by atoms with Crippen LogP contribution in [0.3, 0.4) is 0 Å². The predicted octanol–water partition coefficient (Wildman–Crippen LogP) is 1.08. The molecule has 0 unspecified atom stereocenters. The summed E-state index contributed by atoms with van der Waals surface area (Å²) in [5, 5.41) is 22.4. The molecule has 1 aliphatic rings. The molecule has 1 aliphatic carbocycles. The van der Waals surface area contributed by atoms with E-state index in [0.29, 0.717) is 23.2 Å². The zero-order valence-electron chi connectivity index (χ0n) is 9.59. The van der Waals surface area contributed by atoms with Crippen LogP contribution >= 0.6 is 0 Å². The van der Waals surface area contributed by atoms with Crippen LogP contribution in [0.4, 0.5) is 19.0 Å². The molecule has 2 aromatic heterocycles. The van der Waals surface area contributed by atoms with Crippen LogP contribution in [0, 0.1) is 0 Å². The van der Waals surface area contributed by atoms with Gasteiger partial charge >= 0.3 is 6.18 Å². The molecule has 6 nitrogen and oxygen atoms in total. The lowest BCUT2D eigenvalue weighted by atomic mass is 9.89. The molecular weight excluding hydrogens is 263 g/mol. The lowest BCUT2D eigenvalue weighted by Gasteiger charge is -2.32. The Labute approximate surface area is 105 Å². The fraction of sp³-hybridized carbons (Fsp3) is 0.500. The van der Waals surface area contributed by atoms with Crippen molar-refractivity contribution in [1.29, 1.82) is 0 Å². The Morgan fingerprint density at radius 2 is 2.00 bits per heavy atom. The van der Waals surface area contributed by atoms with Crippen LogP contribution in [-0.4, -0.2) is 37.1 Å². The summed E-state index contributed by atoms with van der Waals surface area (Å²) in [5.74, 6) is -0.852. The monoisotopic (exact) mass is 273 g/mol. The average Bonchev–Trinajstić information content (AvgIpc) is 2.69. The highest BCUT2D eigenvalue weighted by Crippen LogP contribution is 2.28. The van der Waals surface area contributed by atoms with Gasteiger partial charge in [-0.05, 0) is 25.0 Å². The number of aliphatic hydroxyl groups excluding tert-OH is 1. The molecule has 2 heterocycles. The molecule has 1 saturated carbocycles. The standard InChI is InChI=1S/C10H10F3N5O/c11-10(12,13)9-16-15-8-2-1-7(17-18(8)9)14-5-3-6(19)4-5/h1-2,5-6,19H,3-4H2,(H,14,17). The number of fused-ring (bicyclic) bond motifs is 1. The number of nitrogens with zero attached hydrogens (tertiary/aromatic N) is 4. The van der Waals surface area contributed by atoms with Crippen molar-refractivity contribution in [3.63, 3.8) is 0 Å². The van der Waals surface area contributed by atoms with Gasteiger partial charge in [0.25, 0.3) is 5.82 Å². The quantitative estimate of drug-likeness (QED) is 0.856. The predicted molar refractivity (Wildman–Crippen MR) is 58.4 cm³/mol.